The van der Waals surface area contributed by atoms with Crippen molar-refractivity contribution in [2.75, 3.05) is 7.05 Å². The van der Waals surface area contributed by atoms with Crippen LogP contribution in [0.4, 0.5) is 0 Å². The quantitative estimate of drug-likeness (QED) is 0.907. The molecule has 2 aliphatic rings. The summed E-state index contributed by atoms with van der Waals surface area (Å²) in [6.45, 7) is 3.68. The molecule has 0 aromatic heterocycles. The Labute approximate surface area is 135 Å². The summed E-state index contributed by atoms with van der Waals surface area (Å²) >= 11 is 0. The molecule has 120 valence electrons. The Kier molecular flexibility index (Phi) is 3.65. The highest BCUT2D eigenvalue weighted by Gasteiger charge is 2.45. The molecule has 5 heteroatoms. The lowest BCUT2D eigenvalue weighted by atomic mass is 9.85. The standard InChI is InChI=1S/C18H20N2O3/c1-18(2)17(22)16(20(3)12-5-6-13(21)9-12)14-8-11(10-19)4-7-15(14)23-18/h4,7-9,16-17,22H,5-6H2,1-3H3. The molecule has 1 heterocycles. The van der Waals surface area contributed by atoms with Gasteiger partial charge in [-0.1, -0.05) is 0 Å². The Morgan fingerprint density at radius 2 is 2.13 bits per heavy atom. The van der Waals surface area contributed by atoms with E-state index in [1.165, 1.54) is 0 Å². The van der Waals surface area contributed by atoms with Crippen molar-refractivity contribution in [3.05, 3.63) is 41.1 Å². The molecular formula is C18H20N2O3. The van der Waals surface area contributed by atoms with Crippen LogP contribution in [0.1, 0.15) is 43.9 Å². The van der Waals surface area contributed by atoms with Crippen molar-refractivity contribution in [1.29, 1.82) is 5.26 Å². The number of nitriles is 1. The number of nitrogens with zero attached hydrogens (tertiary/aromatic N) is 2. The Bertz CT molecular complexity index is 730. The number of likely N-dealkylation sites (N-methyl/N-ethyl adjacent to an activating group) is 1. The topological polar surface area (TPSA) is 73.6 Å². The first-order valence-electron chi connectivity index (χ1n) is 7.71. The van der Waals surface area contributed by atoms with Crippen molar-refractivity contribution in [2.24, 2.45) is 0 Å². The fraction of sp³-hybridized carbons (Fsp3) is 0.444. The third-order valence-electron chi connectivity index (χ3n) is 4.67. The zero-order valence-corrected chi connectivity index (χ0v) is 13.5. The van der Waals surface area contributed by atoms with E-state index in [1.807, 2.05) is 25.8 Å². The third kappa shape index (κ3) is 2.60. The van der Waals surface area contributed by atoms with E-state index in [1.54, 1.807) is 24.3 Å². The number of benzene rings is 1. The van der Waals surface area contributed by atoms with Gasteiger partial charge in [0.05, 0.1) is 17.7 Å². The van der Waals surface area contributed by atoms with Crippen LogP contribution in [0.3, 0.4) is 0 Å². The van der Waals surface area contributed by atoms with Gasteiger partial charge in [-0.05, 0) is 38.5 Å². The number of aliphatic hydroxyl groups excluding tert-OH is 1. The van der Waals surface area contributed by atoms with Gasteiger partial charge in [0, 0.05) is 30.8 Å². The largest absolute Gasteiger partial charge is 0.485 e. The molecule has 0 fully saturated rings. The molecule has 2 atom stereocenters. The maximum Gasteiger partial charge on any atom is 0.157 e. The van der Waals surface area contributed by atoms with Crippen molar-refractivity contribution >= 4 is 5.78 Å². The SMILES string of the molecule is CN(C1=CC(=O)CC1)C1c2cc(C#N)ccc2OC(C)(C)C1O. The molecule has 1 N–H and O–H groups in total. The summed E-state index contributed by atoms with van der Waals surface area (Å²) in [5.74, 6) is 0.778. The third-order valence-corrected chi connectivity index (χ3v) is 4.67. The van der Waals surface area contributed by atoms with E-state index in [4.69, 9.17) is 10.00 Å². The lowest BCUT2D eigenvalue weighted by Gasteiger charge is -2.46. The maximum atomic E-state index is 11.6. The van der Waals surface area contributed by atoms with Crippen LogP contribution in [-0.4, -0.2) is 34.5 Å². The van der Waals surface area contributed by atoms with Gasteiger partial charge in [-0.2, -0.15) is 5.26 Å². The average Bonchev–Trinajstić information content (AvgIpc) is 2.94. The molecule has 0 saturated carbocycles. The van der Waals surface area contributed by atoms with Crippen LogP contribution in [0.2, 0.25) is 0 Å². The minimum Gasteiger partial charge on any atom is -0.485 e. The Morgan fingerprint density at radius 1 is 1.39 bits per heavy atom. The lowest BCUT2D eigenvalue weighted by molar-refractivity contribution is -0.114. The number of hydrogen-bond donors (Lipinski definition) is 1. The summed E-state index contributed by atoms with van der Waals surface area (Å²) in [5, 5.41) is 20.0. The van der Waals surface area contributed by atoms with Crippen LogP contribution in [0.25, 0.3) is 0 Å². The van der Waals surface area contributed by atoms with Crippen molar-refractivity contribution < 1.29 is 14.6 Å². The molecule has 2 unspecified atom stereocenters. The molecule has 5 nitrogen and oxygen atoms in total. The van der Waals surface area contributed by atoms with E-state index in [0.29, 0.717) is 24.2 Å². The summed E-state index contributed by atoms with van der Waals surface area (Å²) in [6, 6.07) is 7.00. The fourth-order valence-corrected chi connectivity index (χ4v) is 3.29. The van der Waals surface area contributed by atoms with E-state index in [0.717, 1.165) is 11.3 Å². The first-order valence-corrected chi connectivity index (χ1v) is 7.71. The van der Waals surface area contributed by atoms with Crippen molar-refractivity contribution in [3.63, 3.8) is 0 Å². The zero-order valence-electron chi connectivity index (χ0n) is 13.5. The van der Waals surface area contributed by atoms with E-state index in [9.17, 15) is 9.90 Å². The van der Waals surface area contributed by atoms with Gasteiger partial charge in [0.15, 0.2) is 5.78 Å². The Balaban J connectivity index is 2.09. The van der Waals surface area contributed by atoms with Gasteiger partial charge in [0.2, 0.25) is 0 Å². The number of carbonyl (C=O) groups is 1. The summed E-state index contributed by atoms with van der Waals surface area (Å²) in [7, 11) is 1.88. The first kappa shape index (κ1) is 15.6. The van der Waals surface area contributed by atoms with E-state index >= 15 is 0 Å². The number of hydrogen-bond acceptors (Lipinski definition) is 5. The number of aliphatic hydroxyl groups is 1. The Morgan fingerprint density at radius 3 is 2.74 bits per heavy atom. The van der Waals surface area contributed by atoms with E-state index in [2.05, 4.69) is 6.07 Å². The molecule has 1 aliphatic carbocycles. The predicted molar refractivity (Wildman–Crippen MR) is 84.7 cm³/mol. The molecule has 23 heavy (non-hydrogen) atoms. The fourth-order valence-electron chi connectivity index (χ4n) is 3.29. The number of rotatable bonds is 2. The van der Waals surface area contributed by atoms with Crippen LogP contribution < -0.4 is 4.74 Å². The molecule has 0 saturated heterocycles. The number of fused-ring (bicyclic) bond motifs is 1. The number of carbonyl (C=O) groups excluding carboxylic acids is 1. The lowest BCUT2D eigenvalue weighted by Crippen LogP contribution is -2.52. The van der Waals surface area contributed by atoms with Gasteiger partial charge in [0.1, 0.15) is 17.5 Å². The molecule has 0 radical (unpaired) electrons. The predicted octanol–water partition coefficient (Wildman–Crippen LogP) is 2.31. The summed E-state index contributed by atoms with van der Waals surface area (Å²) in [4.78, 5) is 13.5. The van der Waals surface area contributed by atoms with Crippen LogP contribution >= 0.6 is 0 Å². The number of ether oxygens (including phenoxy) is 1. The van der Waals surface area contributed by atoms with Crippen LogP contribution in [0.5, 0.6) is 5.75 Å². The minimum atomic E-state index is -0.787. The van der Waals surface area contributed by atoms with E-state index < -0.39 is 11.7 Å². The van der Waals surface area contributed by atoms with Crippen molar-refractivity contribution in [3.8, 4) is 11.8 Å². The summed E-state index contributed by atoms with van der Waals surface area (Å²) in [5.41, 5.74) is 1.45. The number of allylic oxidation sites excluding steroid dienone is 2. The minimum absolute atomic E-state index is 0.110. The van der Waals surface area contributed by atoms with Crippen LogP contribution in [-0.2, 0) is 4.79 Å². The summed E-state index contributed by atoms with van der Waals surface area (Å²) < 4.78 is 5.92. The second-order valence-electron chi connectivity index (χ2n) is 6.67. The molecule has 1 aromatic rings. The average molecular weight is 312 g/mol. The molecule has 0 amide bonds. The van der Waals surface area contributed by atoms with Crippen LogP contribution in [0, 0.1) is 11.3 Å². The molecule has 1 aromatic carbocycles. The van der Waals surface area contributed by atoms with Gasteiger partial charge in [-0.3, -0.25) is 4.79 Å². The summed E-state index contributed by atoms with van der Waals surface area (Å²) in [6.07, 6.45) is 2.04. The Hall–Kier alpha value is -2.32. The molecular weight excluding hydrogens is 292 g/mol. The highest BCUT2D eigenvalue weighted by atomic mass is 16.5. The van der Waals surface area contributed by atoms with Gasteiger partial charge in [-0.25, -0.2) is 0 Å². The van der Waals surface area contributed by atoms with Gasteiger partial charge >= 0.3 is 0 Å². The maximum absolute atomic E-state index is 11.6. The molecule has 1 aliphatic heterocycles. The van der Waals surface area contributed by atoms with Crippen molar-refractivity contribution in [1.82, 2.24) is 4.90 Å². The van der Waals surface area contributed by atoms with Gasteiger partial charge < -0.3 is 14.7 Å². The first-order chi connectivity index (χ1) is 10.8. The van der Waals surface area contributed by atoms with Crippen molar-refractivity contribution in [2.45, 2.75) is 44.4 Å². The smallest absolute Gasteiger partial charge is 0.157 e. The second-order valence-corrected chi connectivity index (χ2v) is 6.67. The van der Waals surface area contributed by atoms with Crippen LogP contribution in [0.15, 0.2) is 30.0 Å². The second kappa shape index (κ2) is 5.39. The highest BCUT2D eigenvalue weighted by Crippen LogP contribution is 2.44. The molecule has 0 bridgehead atoms. The molecule has 3 rings (SSSR count). The highest BCUT2D eigenvalue weighted by molar-refractivity contribution is 5.92. The van der Waals surface area contributed by atoms with Gasteiger partial charge in [0.25, 0.3) is 0 Å². The van der Waals surface area contributed by atoms with Gasteiger partial charge in [-0.15, -0.1) is 0 Å². The zero-order chi connectivity index (χ0) is 16.8. The normalized spacial score (nSPS) is 25.2. The number of ketones is 1. The molecule has 0 spiro atoms. The van der Waals surface area contributed by atoms with E-state index in [-0.39, 0.29) is 11.8 Å². The monoisotopic (exact) mass is 312 g/mol.